The van der Waals surface area contributed by atoms with Gasteiger partial charge in [-0.05, 0) is 42.3 Å². The number of amides is 1. The minimum Gasteiger partial charge on any atom is -0.477 e. The van der Waals surface area contributed by atoms with Gasteiger partial charge in [0.25, 0.3) is 5.91 Å². The summed E-state index contributed by atoms with van der Waals surface area (Å²) in [5.74, 6) is 0.498. The van der Waals surface area contributed by atoms with Gasteiger partial charge in [-0.3, -0.25) is 9.69 Å². The number of halogens is 2. The predicted octanol–water partition coefficient (Wildman–Crippen LogP) is 3.41. The molecule has 0 saturated carbocycles. The van der Waals surface area contributed by atoms with E-state index in [1.54, 1.807) is 6.07 Å². The average molecular weight is 418 g/mol. The summed E-state index contributed by atoms with van der Waals surface area (Å²) in [6.45, 7) is 4.35. The van der Waals surface area contributed by atoms with Gasteiger partial charge in [0, 0.05) is 44.8 Å². The first kappa shape index (κ1) is 20.0. The van der Waals surface area contributed by atoms with Crippen molar-refractivity contribution in [3.05, 3.63) is 58.9 Å². The van der Waals surface area contributed by atoms with Crippen LogP contribution in [0.2, 0.25) is 5.02 Å². The van der Waals surface area contributed by atoms with E-state index in [2.05, 4.69) is 4.90 Å². The van der Waals surface area contributed by atoms with Crippen LogP contribution in [0.4, 0.5) is 10.1 Å². The molecule has 0 aliphatic carbocycles. The SMILES string of the molecule is CN1CC(C(=O)N2CCCN(Cc3ccc(F)cc3)CC2)Oc2ccc(Cl)cc21. The Labute approximate surface area is 175 Å². The fourth-order valence-electron chi connectivity index (χ4n) is 3.96. The van der Waals surface area contributed by atoms with Gasteiger partial charge in [0.1, 0.15) is 11.6 Å². The van der Waals surface area contributed by atoms with Crippen LogP contribution in [0.25, 0.3) is 0 Å². The molecule has 0 aromatic heterocycles. The molecule has 0 radical (unpaired) electrons. The highest BCUT2D eigenvalue weighted by Crippen LogP contribution is 2.35. The minimum atomic E-state index is -0.516. The number of rotatable bonds is 3. The number of carbonyl (C=O) groups excluding carboxylic acids is 1. The van der Waals surface area contributed by atoms with E-state index in [4.69, 9.17) is 16.3 Å². The van der Waals surface area contributed by atoms with Gasteiger partial charge in [-0.15, -0.1) is 0 Å². The van der Waals surface area contributed by atoms with E-state index in [0.717, 1.165) is 43.9 Å². The summed E-state index contributed by atoms with van der Waals surface area (Å²) < 4.78 is 19.1. The van der Waals surface area contributed by atoms with Crippen molar-refractivity contribution in [1.29, 1.82) is 0 Å². The van der Waals surface area contributed by atoms with Gasteiger partial charge in [-0.1, -0.05) is 23.7 Å². The van der Waals surface area contributed by atoms with Crippen LogP contribution in [-0.4, -0.2) is 61.6 Å². The van der Waals surface area contributed by atoms with Crippen molar-refractivity contribution in [2.75, 3.05) is 44.7 Å². The largest absolute Gasteiger partial charge is 0.477 e. The van der Waals surface area contributed by atoms with Gasteiger partial charge >= 0.3 is 0 Å². The van der Waals surface area contributed by atoms with Crippen LogP contribution < -0.4 is 9.64 Å². The van der Waals surface area contributed by atoms with E-state index in [1.165, 1.54) is 12.1 Å². The fourth-order valence-corrected chi connectivity index (χ4v) is 4.12. The first-order valence-electron chi connectivity index (χ1n) is 9.92. The molecule has 2 aliphatic rings. The monoisotopic (exact) mass is 417 g/mol. The van der Waals surface area contributed by atoms with Crippen LogP contribution in [0.1, 0.15) is 12.0 Å². The Morgan fingerprint density at radius 2 is 1.93 bits per heavy atom. The second kappa shape index (κ2) is 8.59. The summed E-state index contributed by atoms with van der Waals surface area (Å²) in [5.41, 5.74) is 1.99. The fraction of sp³-hybridized carbons (Fsp3) is 0.409. The van der Waals surface area contributed by atoms with Crippen LogP contribution in [0, 0.1) is 5.82 Å². The molecule has 1 atom stereocenters. The minimum absolute atomic E-state index is 0.0288. The molecule has 2 aliphatic heterocycles. The summed E-state index contributed by atoms with van der Waals surface area (Å²) in [6, 6.07) is 12.1. The number of likely N-dealkylation sites (N-methyl/N-ethyl adjacent to an activating group) is 1. The maximum absolute atomic E-state index is 13.1. The Hall–Kier alpha value is -2.31. The molecule has 0 bridgehead atoms. The molecule has 4 rings (SSSR count). The summed E-state index contributed by atoms with van der Waals surface area (Å²) in [4.78, 5) is 19.4. The molecule has 1 amide bonds. The summed E-state index contributed by atoms with van der Waals surface area (Å²) in [5, 5.41) is 0.651. The van der Waals surface area contributed by atoms with Crippen LogP contribution in [0.5, 0.6) is 5.75 Å². The molecule has 29 heavy (non-hydrogen) atoms. The zero-order chi connectivity index (χ0) is 20.4. The number of carbonyl (C=O) groups is 1. The molecule has 154 valence electrons. The summed E-state index contributed by atoms with van der Waals surface area (Å²) in [6.07, 6.45) is 0.388. The van der Waals surface area contributed by atoms with E-state index >= 15 is 0 Å². The Morgan fingerprint density at radius 1 is 1.14 bits per heavy atom. The Bertz CT molecular complexity index is 877. The number of hydrogen-bond donors (Lipinski definition) is 0. The van der Waals surface area contributed by atoms with Crippen molar-refractivity contribution >= 4 is 23.2 Å². The number of benzene rings is 2. The first-order valence-corrected chi connectivity index (χ1v) is 10.3. The molecule has 2 aromatic carbocycles. The topological polar surface area (TPSA) is 36.0 Å². The zero-order valence-corrected chi connectivity index (χ0v) is 17.2. The molecule has 5 nitrogen and oxygen atoms in total. The third-order valence-electron chi connectivity index (χ3n) is 5.54. The molecule has 0 spiro atoms. The summed E-state index contributed by atoms with van der Waals surface area (Å²) in [7, 11) is 1.95. The van der Waals surface area contributed by atoms with E-state index in [0.29, 0.717) is 23.9 Å². The van der Waals surface area contributed by atoms with E-state index in [-0.39, 0.29) is 11.7 Å². The molecule has 2 heterocycles. The first-order chi connectivity index (χ1) is 14.0. The molecule has 0 N–H and O–H groups in total. The van der Waals surface area contributed by atoms with E-state index in [9.17, 15) is 9.18 Å². The van der Waals surface area contributed by atoms with Gasteiger partial charge in [0.2, 0.25) is 0 Å². The molecule has 7 heteroatoms. The molecule has 1 fully saturated rings. The van der Waals surface area contributed by atoms with Crippen molar-refractivity contribution < 1.29 is 13.9 Å². The third kappa shape index (κ3) is 4.65. The lowest BCUT2D eigenvalue weighted by molar-refractivity contribution is -0.138. The molecule has 2 aromatic rings. The number of nitrogens with zero attached hydrogens (tertiary/aromatic N) is 3. The predicted molar refractivity (Wildman–Crippen MR) is 112 cm³/mol. The number of hydrogen-bond acceptors (Lipinski definition) is 4. The zero-order valence-electron chi connectivity index (χ0n) is 16.5. The van der Waals surface area contributed by atoms with Crippen molar-refractivity contribution in [3.8, 4) is 5.75 Å². The molecule has 1 unspecified atom stereocenters. The highest BCUT2D eigenvalue weighted by Gasteiger charge is 2.33. The number of ether oxygens (including phenoxy) is 1. The average Bonchev–Trinajstić information content (AvgIpc) is 2.95. The lowest BCUT2D eigenvalue weighted by Crippen LogP contribution is -2.50. The van der Waals surface area contributed by atoms with Crippen molar-refractivity contribution in [3.63, 3.8) is 0 Å². The van der Waals surface area contributed by atoms with Crippen LogP contribution in [-0.2, 0) is 11.3 Å². The highest BCUT2D eigenvalue weighted by atomic mass is 35.5. The maximum atomic E-state index is 13.1. The summed E-state index contributed by atoms with van der Waals surface area (Å²) >= 11 is 6.08. The molecular weight excluding hydrogens is 393 g/mol. The van der Waals surface area contributed by atoms with Crippen molar-refractivity contribution in [1.82, 2.24) is 9.80 Å². The standard InChI is InChI=1S/C22H25ClFN3O2/c1-25-15-21(29-20-8-5-17(23)13-19(20)25)22(28)27-10-2-9-26(11-12-27)14-16-3-6-18(24)7-4-16/h3-8,13,21H,2,9-12,14-15H2,1H3. The van der Waals surface area contributed by atoms with Gasteiger partial charge in [0.05, 0.1) is 12.2 Å². The van der Waals surface area contributed by atoms with E-state index in [1.807, 2.05) is 41.1 Å². The normalized spacial score (nSPS) is 20.0. The van der Waals surface area contributed by atoms with E-state index < -0.39 is 6.10 Å². The highest BCUT2D eigenvalue weighted by molar-refractivity contribution is 6.31. The Balaban J connectivity index is 1.37. The van der Waals surface area contributed by atoms with Crippen LogP contribution in [0.15, 0.2) is 42.5 Å². The lowest BCUT2D eigenvalue weighted by Gasteiger charge is -2.35. The van der Waals surface area contributed by atoms with Crippen molar-refractivity contribution in [2.24, 2.45) is 0 Å². The Kier molecular flexibility index (Phi) is 5.92. The van der Waals surface area contributed by atoms with Gasteiger partial charge in [-0.2, -0.15) is 0 Å². The third-order valence-corrected chi connectivity index (χ3v) is 5.77. The lowest BCUT2D eigenvalue weighted by atomic mass is 10.2. The van der Waals surface area contributed by atoms with Gasteiger partial charge < -0.3 is 14.5 Å². The molecular formula is C22H25ClFN3O2. The number of anilines is 1. The number of fused-ring (bicyclic) bond motifs is 1. The van der Waals surface area contributed by atoms with Gasteiger partial charge in [0.15, 0.2) is 6.10 Å². The second-order valence-electron chi connectivity index (χ2n) is 7.68. The van der Waals surface area contributed by atoms with Crippen LogP contribution >= 0.6 is 11.6 Å². The van der Waals surface area contributed by atoms with Crippen LogP contribution in [0.3, 0.4) is 0 Å². The molecule has 1 saturated heterocycles. The van der Waals surface area contributed by atoms with Crippen molar-refractivity contribution in [2.45, 2.75) is 19.1 Å². The Morgan fingerprint density at radius 3 is 2.72 bits per heavy atom. The second-order valence-corrected chi connectivity index (χ2v) is 8.12. The maximum Gasteiger partial charge on any atom is 0.265 e. The smallest absolute Gasteiger partial charge is 0.265 e. The van der Waals surface area contributed by atoms with Gasteiger partial charge in [-0.25, -0.2) is 4.39 Å². The quantitative estimate of drug-likeness (QED) is 0.766.